The van der Waals surface area contributed by atoms with Crippen LogP contribution in [-0.2, 0) is 25.8 Å². The first kappa shape index (κ1) is 24.9. The van der Waals surface area contributed by atoms with Gasteiger partial charge in [0.1, 0.15) is 11.8 Å². The maximum Gasteiger partial charge on any atom is 0.397 e. The minimum absolute atomic E-state index is 0.0208. The molecule has 2 aliphatic rings. The Balaban J connectivity index is 1.42. The number of aromatic nitrogens is 2. The fraction of sp³-hybridized carbons (Fsp3) is 0.360. The lowest BCUT2D eigenvalue weighted by Crippen LogP contribution is -2.32. The zero-order valence-corrected chi connectivity index (χ0v) is 20.9. The summed E-state index contributed by atoms with van der Waals surface area (Å²) in [7, 11) is -4.58. The zero-order valence-electron chi connectivity index (χ0n) is 20.1. The zero-order chi connectivity index (χ0) is 26.3. The van der Waals surface area contributed by atoms with Gasteiger partial charge in [0.2, 0.25) is 11.7 Å². The lowest BCUT2D eigenvalue weighted by molar-refractivity contribution is -0.129. The maximum absolute atomic E-state index is 12.6. The number of hydrogen-bond acceptors (Lipinski definition) is 9. The molecule has 11 nitrogen and oxygen atoms in total. The van der Waals surface area contributed by atoms with Crippen molar-refractivity contribution in [3.63, 3.8) is 0 Å². The van der Waals surface area contributed by atoms with E-state index in [1.54, 1.807) is 23.1 Å². The quantitative estimate of drug-likeness (QED) is 0.434. The number of hydrogen-bond donors (Lipinski definition) is 1. The number of nitrogens with zero attached hydrogens (tertiary/aromatic N) is 4. The molecule has 1 saturated heterocycles. The van der Waals surface area contributed by atoms with Crippen LogP contribution in [0.5, 0.6) is 5.75 Å². The average Bonchev–Trinajstić information content (AvgIpc) is 3.53. The van der Waals surface area contributed by atoms with Crippen molar-refractivity contribution in [3.8, 4) is 34.7 Å². The molecule has 2 heterocycles. The van der Waals surface area contributed by atoms with Crippen molar-refractivity contribution in [1.29, 1.82) is 5.26 Å². The number of carbonyl (C=O) groups excluding carboxylic acids is 1. The van der Waals surface area contributed by atoms with E-state index in [1.165, 1.54) is 0 Å². The Morgan fingerprint density at radius 3 is 2.81 bits per heavy atom. The first-order chi connectivity index (χ1) is 17.6. The molecular formula is C25H24N4O7S. The van der Waals surface area contributed by atoms with Gasteiger partial charge in [-0.2, -0.15) is 18.7 Å². The Hall–Kier alpha value is -3.79. The lowest BCUT2D eigenvalue weighted by Gasteiger charge is -2.25. The normalized spacial score (nSPS) is 18.7. The van der Waals surface area contributed by atoms with Crippen molar-refractivity contribution >= 4 is 16.3 Å². The number of ether oxygens (including phenoxy) is 1. The molecule has 12 heteroatoms. The second-order valence-electron chi connectivity index (χ2n) is 9.24. The van der Waals surface area contributed by atoms with Gasteiger partial charge in [-0.1, -0.05) is 23.4 Å². The van der Waals surface area contributed by atoms with Gasteiger partial charge in [-0.25, -0.2) is 4.18 Å². The SMILES string of the molecule is CC(C)Oc1ccc(-c2nc(-c3cccc4c3C[C@@H]3CC(=O)N(CCOS(=O)(=O)O)[C@H]43)no2)cc1C#N. The highest BCUT2D eigenvalue weighted by Crippen LogP contribution is 2.49. The molecule has 1 fully saturated rings. The highest BCUT2D eigenvalue weighted by atomic mass is 32.3. The summed E-state index contributed by atoms with van der Waals surface area (Å²) in [5, 5.41) is 13.7. The molecule has 0 saturated carbocycles. The minimum atomic E-state index is -4.58. The van der Waals surface area contributed by atoms with E-state index in [-0.39, 0.29) is 43.0 Å². The van der Waals surface area contributed by atoms with Crippen LogP contribution in [0.1, 0.15) is 43.0 Å². The lowest BCUT2D eigenvalue weighted by atomic mass is 10.0. The molecule has 1 aliphatic carbocycles. The summed E-state index contributed by atoms with van der Waals surface area (Å²) in [5.41, 5.74) is 3.67. The molecule has 1 N–H and O–H groups in total. The summed E-state index contributed by atoms with van der Waals surface area (Å²) in [6, 6.07) is 12.7. The molecule has 0 spiro atoms. The van der Waals surface area contributed by atoms with Crippen molar-refractivity contribution < 1.29 is 31.2 Å². The van der Waals surface area contributed by atoms with Gasteiger partial charge in [0.25, 0.3) is 5.89 Å². The van der Waals surface area contributed by atoms with Crippen LogP contribution < -0.4 is 4.74 Å². The smallest absolute Gasteiger partial charge is 0.397 e. The van der Waals surface area contributed by atoms with Crippen LogP contribution in [0.4, 0.5) is 0 Å². The second kappa shape index (κ2) is 9.59. The van der Waals surface area contributed by atoms with Gasteiger partial charge in [-0.05, 0) is 55.5 Å². The standard InChI is InChI=1S/C25H24N4O7S/c1-14(2)35-21-7-6-15(10-17(21)13-26)25-27-24(28-36-25)19-5-3-4-18-20(19)11-16-12-22(30)29(23(16)18)8-9-34-37(31,32)33/h3-7,10,14,16,23H,8-9,11-12H2,1-2H3,(H,31,32,33)/t16-,23+/m1/s1. The van der Waals surface area contributed by atoms with Gasteiger partial charge in [-0.3, -0.25) is 9.35 Å². The summed E-state index contributed by atoms with van der Waals surface area (Å²) < 4.78 is 46.3. The number of amides is 1. The van der Waals surface area contributed by atoms with Crippen molar-refractivity contribution in [3.05, 3.63) is 53.1 Å². The first-order valence-electron chi connectivity index (χ1n) is 11.7. The largest absolute Gasteiger partial charge is 0.490 e. The fourth-order valence-corrected chi connectivity index (χ4v) is 5.40. The van der Waals surface area contributed by atoms with E-state index in [0.29, 0.717) is 35.5 Å². The number of rotatable bonds is 8. The van der Waals surface area contributed by atoms with Crippen LogP contribution >= 0.6 is 0 Å². The molecule has 1 aromatic heterocycles. The van der Waals surface area contributed by atoms with E-state index in [9.17, 15) is 18.5 Å². The minimum Gasteiger partial charge on any atom is -0.490 e. The molecule has 2 atom stereocenters. The predicted octanol–water partition coefficient (Wildman–Crippen LogP) is 3.33. The molecule has 3 aromatic rings. The van der Waals surface area contributed by atoms with Crippen LogP contribution in [0, 0.1) is 17.2 Å². The van der Waals surface area contributed by atoms with Gasteiger partial charge in [-0.15, -0.1) is 0 Å². The summed E-state index contributed by atoms with van der Waals surface area (Å²) in [4.78, 5) is 18.8. The van der Waals surface area contributed by atoms with Crippen LogP contribution in [0.15, 0.2) is 40.9 Å². The number of fused-ring (bicyclic) bond motifs is 3. The van der Waals surface area contributed by atoms with Crippen LogP contribution in [0.2, 0.25) is 0 Å². The van der Waals surface area contributed by atoms with Crippen LogP contribution in [0.3, 0.4) is 0 Å². The molecule has 2 aromatic carbocycles. The monoisotopic (exact) mass is 524 g/mol. The molecule has 0 bridgehead atoms. The Labute approximate surface area is 213 Å². The molecule has 5 rings (SSSR count). The van der Waals surface area contributed by atoms with E-state index < -0.39 is 10.4 Å². The second-order valence-corrected chi connectivity index (χ2v) is 10.3. The van der Waals surface area contributed by atoms with E-state index in [0.717, 1.165) is 16.7 Å². The fourth-order valence-electron chi connectivity index (χ4n) is 5.11. The van der Waals surface area contributed by atoms with Gasteiger partial charge < -0.3 is 14.2 Å². The van der Waals surface area contributed by atoms with Gasteiger partial charge in [0, 0.05) is 24.1 Å². The van der Waals surface area contributed by atoms with Gasteiger partial charge in [0.05, 0.1) is 24.3 Å². The van der Waals surface area contributed by atoms with E-state index in [1.807, 2.05) is 32.0 Å². The summed E-state index contributed by atoms with van der Waals surface area (Å²) in [5.74, 6) is 1.06. The summed E-state index contributed by atoms with van der Waals surface area (Å²) in [6.07, 6.45) is 0.875. The molecular weight excluding hydrogens is 500 g/mol. The topological polar surface area (TPSA) is 156 Å². The molecule has 0 radical (unpaired) electrons. The first-order valence-corrected chi connectivity index (χ1v) is 13.1. The third kappa shape index (κ3) is 4.93. The molecule has 37 heavy (non-hydrogen) atoms. The molecule has 192 valence electrons. The van der Waals surface area contributed by atoms with Crippen LogP contribution in [0.25, 0.3) is 22.8 Å². The number of carbonyl (C=O) groups is 1. The summed E-state index contributed by atoms with van der Waals surface area (Å²) >= 11 is 0. The van der Waals surface area contributed by atoms with Gasteiger partial charge >= 0.3 is 10.4 Å². The van der Waals surface area contributed by atoms with Crippen molar-refractivity contribution in [2.24, 2.45) is 5.92 Å². The van der Waals surface area contributed by atoms with Gasteiger partial charge in [0.15, 0.2) is 0 Å². The molecule has 0 unspecified atom stereocenters. The van der Waals surface area contributed by atoms with Crippen molar-refractivity contribution in [1.82, 2.24) is 15.0 Å². The van der Waals surface area contributed by atoms with E-state index >= 15 is 0 Å². The Morgan fingerprint density at radius 2 is 2.08 bits per heavy atom. The molecule has 1 aliphatic heterocycles. The van der Waals surface area contributed by atoms with E-state index in [2.05, 4.69) is 20.4 Å². The number of nitriles is 1. The number of benzene rings is 2. The predicted molar refractivity (Wildman–Crippen MR) is 129 cm³/mol. The van der Waals surface area contributed by atoms with Crippen molar-refractivity contribution in [2.45, 2.75) is 38.8 Å². The third-order valence-corrected chi connectivity index (χ3v) is 6.94. The highest BCUT2D eigenvalue weighted by Gasteiger charge is 2.46. The maximum atomic E-state index is 12.6. The molecule has 1 amide bonds. The number of likely N-dealkylation sites (tertiary alicyclic amines) is 1. The van der Waals surface area contributed by atoms with E-state index in [4.69, 9.17) is 13.8 Å². The van der Waals surface area contributed by atoms with Crippen LogP contribution in [-0.4, -0.2) is 53.2 Å². The average molecular weight is 525 g/mol. The Morgan fingerprint density at radius 1 is 1.27 bits per heavy atom. The third-order valence-electron chi connectivity index (χ3n) is 6.48. The Kier molecular flexibility index (Phi) is 6.45. The summed E-state index contributed by atoms with van der Waals surface area (Å²) in [6.45, 7) is 3.47. The van der Waals surface area contributed by atoms with Crippen molar-refractivity contribution in [2.75, 3.05) is 13.2 Å². The highest BCUT2D eigenvalue weighted by molar-refractivity contribution is 7.80. The Bertz CT molecular complexity index is 1510.